The quantitative estimate of drug-likeness (QED) is 0.612. The van der Waals surface area contributed by atoms with E-state index in [0.29, 0.717) is 0 Å². The van der Waals surface area contributed by atoms with Crippen LogP contribution < -0.4 is 0 Å². The molecular formula is C21H14. The highest BCUT2D eigenvalue weighted by Gasteiger charge is 2.07. The van der Waals surface area contributed by atoms with Crippen molar-refractivity contribution >= 4 is 0 Å². The summed E-state index contributed by atoms with van der Waals surface area (Å²) in [5.74, 6) is 12.1. The Balaban J connectivity index is 1.82. The van der Waals surface area contributed by atoms with Gasteiger partial charge in [0, 0.05) is 11.1 Å². The lowest BCUT2D eigenvalue weighted by atomic mass is 10.0. The molecule has 98 valence electrons. The van der Waals surface area contributed by atoms with E-state index in [2.05, 4.69) is 66.2 Å². The molecule has 0 saturated carbocycles. The maximum Gasteiger partial charge on any atom is 0.0290 e. The van der Waals surface area contributed by atoms with E-state index in [0.717, 1.165) is 17.6 Å². The first kappa shape index (κ1) is 13.0. The smallest absolute Gasteiger partial charge is 0.0290 e. The summed E-state index contributed by atoms with van der Waals surface area (Å²) in [4.78, 5) is 0. The van der Waals surface area contributed by atoms with E-state index < -0.39 is 0 Å². The van der Waals surface area contributed by atoms with Gasteiger partial charge in [-0.1, -0.05) is 66.5 Å². The first-order chi connectivity index (χ1) is 10.4. The second-order valence-corrected chi connectivity index (χ2v) is 4.80. The molecule has 1 aromatic rings. The summed E-state index contributed by atoms with van der Waals surface area (Å²) in [5, 5.41) is 0. The van der Waals surface area contributed by atoms with Gasteiger partial charge in [0.25, 0.3) is 0 Å². The van der Waals surface area contributed by atoms with Crippen molar-refractivity contribution in [2.24, 2.45) is 0 Å². The van der Waals surface area contributed by atoms with Gasteiger partial charge >= 0.3 is 0 Å². The number of allylic oxidation sites excluding steroid dienone is 10. The summed E-state index contributed by atoms with van der Waals surface area (Å²) >= 11 is 0. The molecule has 0 N–H and O–H groups in total. The van der Waals surface area contributed by atoms with E-state index in [1.54, 1.807) is 0 Å². The Hall–Kier alpha value is -2.96. The third-order valence-electron chi connectivity index (χ3n) is 3.27. The van der Waals surface area contributed by atoms with Gasteiger partial charge in [-0.25, -0.2) is 0 Å². The molecule has 0 heterocycles. The molecule has 0 unspecified atom stereocenters. The molecular weight excluding hydrogens is 252 g/mol. The summed E-state index contributed by atoms with van der Waals surface area (Å²) in [6, 6.07) is 9.91. The molecule has 0 saturated heterocycles. The van der Waals surface area contributed by atoms with Crippen molar-refractivity contribution in [2.75, 3.05) is 0 Å². The lowest BCUT2D eigenvalue weighted by Gasteiger charge is -2.02. The van der Waals surface area contributed by atoms with Gasteiger partial charge in [0.2, 0.25) is 0 Å². The van der Waals surface area contributed by atoms with Crippen LogP contribution in [-0.4, -0.2) is 0 Å². The van der Waals surface area contributed by atoms with Gasteiger partial charge in [-0.2, -0.15) is 0 Å². The van der Waals surface area contributed by atoms with Crippen LogP contribution in [0.1, 0.15) is 12.0 Å². The summed E-state index contributed by atoms with van der Waals surface area (Å²) in [7, 11) is 0. The minimum atomic E-state index is 0.927. The van der Waals surface area contributed by atoms with Crippen LogP contribution in [0.2, 0.25) is 0 Å². The lowest BCUT2D eigenvalue weighted by Crippen LogP contribution is -1.87. The third-order valence-corrected chi connectivity index (χ3v) is 3.27. The van der Waals surface area contributed by atoms with E-state index in [9.17, 15) is 0 Å². The standard InChI is InChI=1S/C21H14/c1-2-9-18(10-3-1)11-4-6-14-20-16-8-13-19-12-5-7-15-21(20)17-19/h1-3,5,7-10,12-13,15-16H,17H2. The van der Waals surface area contributed by atoms with Gasteiger partial charge in [0.1, 0.15) is 0 Å². The molecule has 2 bridgehead atoms. The average Bonchev–Trinajstić information content (AvgIpc) is 2.87. The Bertz CT molecular complexity index is 802. The van der Waals surface area contributed by atoms with Crippen molar-refractivity contribution in [1.82, 2.24) is 0 Å². The van der Waals surface area contributed by atoms with E-state index in [-0.39, 0.29) is 0 Å². The Labute approximate surface area is 125 Å². The summed E-state index contributed by atoms with van der Waals surface area (Å²) < 4.78 is 0. The minimum Gasteiger partial charge on any atom is -0.0622 e. The zero-order chi connectivity index (χ0) is 14.3. The molecule has 0 aliphatic heterocycles. The van der Waals surface area contributed by atoms with Crippen LogP contribution in [0.5, 0.6) is 0 Å². The first-order valence-electron chi connectivity index (χ1n) is 6.94. The van der Waals surface area contributed by atoms with Crippen LogP contribution in [0, 0.1) is 23.7 Å². The van der Waals surface area contributed by atoms with E-state index >= 15 is 0 Å². The van der Waals surface area contributed by atoms with Gasteiger partial charge in [-0.15, -0.1) is 0 Å². The second kappa shape index (κ2) is 6.47. The van der Waals surface area contributed by atoms with Crippen LogP contribution in [-0.2, 0) is 0 Å². The number of benzene rings is 1. The Morgan fingerprint density at radius 1 is 0.762 bits per heavy atom. The van der Waals surface area contributed by atoms with E-state index in [4.69, 9.17) is 0 Å². The van der Waals surface area contributed by atoms with Crippen molar-refractivity contribution in [1.29, 1.82) is 0 Å². The summed E-state index contributed by atoms with van der Waals surface area (Å²) in [6.07, 6.45) is 15.6. The fraction of sp³-hybridized carbons (Fsp3) is 0.0476. The fourth-order valence-electron chi connectivity index (χ4n) is 2.21. The number of hydrogen-bond donors (Lipinski definition) is 0. The summed E-state index contributed by atoms with van der Waals surface area (Å²) in [6.45, 7) is 0. The third kappa shape index (κ3) is 3.53. The van der Waals surface area contributed by atoms with Crippen molar-refractivity contribution in [3.63, 3.8) is 0 Å². The van der Waals surface area contributed by atoms with Crippen LogP contribution >= 0.6 is 0 Å². The normalized spacial score (nSPS) is 15.1. The zero-order valence-corrected chi connectivity index (χ0v) is 11.6. The molecule has 0 nitrogen and oxygen atoms in total. The molecule has 0 spiro atoms. The van der Waals surface area contributed by atoms with Crippen LogP contribution in [0.4, 0.5) is 0 Å². The first-order valence-corrected chi connectivity index (χ1v) is 6.94. The second-order valence-electron chi connectivity index (χ2n) is 4.80. The predicted molar refractivity (Wildman–Crippen MR) is 88.2 cm³/mol. The highest BCUT2D eigenvalue weighted by atomic mass is 14.1. The minimum absolute atomic E-state index is 0.927. The molecule has 0 aromatic heterocycles. The highest BCUT2D eigenvalue weighted by Crippen LogP contribution is 2.25. The molecule has 1 aromatic carbocycles. The van der Waals surface area contributed by atoms with E-state index in [1.807, 2.05) is 30.3 Å². The van der Waals surface area contributed by atoms with Crippen LogP contribution in [0.15, 0.2) is 89.6 Å². The molecule has 2 aliphatic rings. The maximum atomic E-state index is 3.17. The predicted octanol–water partition coefficient (Wildman–Crippen LogP) is 4.35. The number of hydrogen-bond acceptors (Lipinski definition) is 0. The van der Waals surface area contributed by atoms with Gasteiger partial charge in [0.15, 0.2) is 0 Å². The Morgan fingerprint density at radius 2 is 1.57 bits per heavy atom. The molecule has 0 fully saturated rings. The van der Waals surface area contributed by atoms with Crippen LogP contribution in [0.25, 0.3) is 0 Å². The Kier molecular flexibility index (Phi) is 4.02. The van der Waals surface area contributed by atoms with Crippen molar-refractivity contribution < 1.29 is 0 Å². The number of fused-ring (bicyclic) bond motifs is 2. The highest BCUT2D eigenvalue weighted by molar-refractivity contribution is 5.56. The maximum absolute atomic E-state index is 3.17. The SMILES string of the molecule is C(C#Cc1ccccc1)#CC1=CC=CC2=CC=CC=C1C2. The Morgan fingerprint density at radius 3 is 2.48 bits per heavy atom. The molecule has 21 heavy (non-hydrogen) atoms. The largest absolute Gasteiger partial charge is 0.0622 e. The van der Waals surface area contributed by atoms with Gasteiger partial charge < -0.3 is 0 Å². The van der Waals surface area contributed by atoms with Gasteiger partial charge in [-0.05, 0) is 47.6 Å². The average molecular weight is 266 g/mol. The van der Waals surface area contributed by atoms with Gasteiger partial charge in [-0.3, -0.25) is 0 Å². The van der Waals surface area contributed by atoms with Crippen molar-refractivity contribution in [3.8, 4) is 23.7 Å². The fourth-order valence-corrected chi connectivity index (χ4v) is 2.21. The van der Waals surface area contributed by atoms with Crippen molar-refractivity contribution in [2.45, 2.75) is 6.42 Å². The van der Waals surface area contributed by atoms with E-state index in [1.165, 1.54) is 11.1 Å². The molecule has 0 atom stereocenters. The van der Waals surface area contributed by atoms with Gasteiger partial charge in [0.05, 0.1) is 0 Å². The molecule has 0 radical (unpaired) electrons. The number of rotatable bonds is 0. The molecule has 3 rings (SSSR count). The topological polar surface area (TPSA) is 0 Å². The monoisotopic (exact) mass is 266 g/mol. The molecule has 2 aliphatic carbocycles. The molecule has 0 heteroatoms. The van der Waals surface area contributed by atoms with Crippen LogP contribution in [0.3, 0.4) is 0 Å². The van der Waals surface area contributed by atoms with Crippen molar-refractivity contribution in [3.05, 3.63) is 95.1 Å². The molecule has 0 amide bonds. The zero-order valence-electron chi connectivity index (χ0n) is 11.6. The lowest BCUT2D eigenvalue weighted by molar-refractivity contribution is 1.20. The summed E-state index contributed by atoms with van der Waals surface area (Å²) in [5.41, 5.74) is 4.58.